The maximum Gasteiger partial charge on any atom is 0.0783 e. The van der Waals surface area contributed by atoms with Crippen molar-refractivity contribution in [1.29, 1.82) is 0 Å². The second kappa shape index (κ2) is 6.92. The lowest BCUT2D eigenvalue weighted by Gasteiger charge is -2.25. The van der Waals surface area contributed by atoms with Crippen LogP contribution in [0.25, 0.3) is 22.4 Å². The molecule has 0 atom stereocenters. The first-order valence-electron chi connectivity index (χ1n) is 7.68. The monoisotopic (exact) mass is 319 g/mol. The summed E-state index contributed by atoms with van der Waals surface area (Å²) in [5, 5.41) is 0. The zero-order valence-electron chi connectivity index (χ0n) is 13.4. The van der Waals surface area contributed by atoms with Crippen molar-refractivity contribution in [1.82, 2.24) is 4.98 Å². The van der Waals surface area contributed by atoms with Crippen LogP contribution in [0, 0.1) is 0 Å². The third kappa shape index (κ3) is 3.59. The average Bonchev–Trinajstić information content (AvgIpc) is 2.55. The standard InChI is InChI=1S/C21H21N.H4Si/c1-21(2,3)18-14-15-22-20(17-12-8-5-9-13-17)19(18)16-10-6-4-7-11-16;/h4-15H,1-3H3;1H4. The van der Waals surface area contributed by atoms with E-state index in [0.29, 0.717) is 0 Å². The van der Waals surface area contributed by atoms with Crippen molar-refractivity contribution in [3.05, 3.63) is 78.5 Å². The van der Waals surface area contributed by atoms with E-state index in [9.17, 15) is 0 Å². The van der Waals surface area contributed by atoms with Gasteiger partial charge in [0, 0.05) is 17.3 Å². The molecule has 0 spiro atoms. The molecule has 0 aliphatic rings. The lowest BCUT2D eigenvalue weighted by atomic mass is 9.81. The fourth-order valence-corrected chi connectivity index (χ4v) is 2.80. The molecule has 0 radical (unpaired) electrons. The highest BCUT2D eigenvalue weighted by Gasteiger charge is 2.22. The van der Waals surface area contributed by atoms with Gasteiger partial charge in [-0.3, -0.25) is 4.98 Å². The van der Waals surface area contributed by atoms with Gasteiger partial charge >= 0.3 is 0 Å². The third-order valence-electron chi connectivity index (χ3n) is 3.87. The van der Waals surface area contributed by atoms with E-state index in [0.717, 1.165) is 11.3 Å². The third-order valence-corrected chi connectivity index (χ3v) is 3.87. The number of aromatic nitrogens is 1. The molecule has 0 aliphatic carbocycles. The number of hydrogen-bond acceptors (Lipinski definition) is 1. The molecule has 0 saturated carbocycles. The molecule has 0 bridgehead atoms. The lowest BCUT2D eigenvalue weighted by Crippen LogP contribution is -2.14. The Morgan fingerprint density at radius 3 is 1.74 bits per heavy atom. The van der Waals surface area contributed by atoms with Crippen LogP contribution in [0.15, 0.2) is 72.9 Å². The predicted molar refractivity (Wildman–Crippen MR) is 105 cm³/mol. The molecule has 3 rings (SSSR count). The van der Waals surface area contributed by atoms with E-state index in [1.807, 2.05) is 12.3 Å². The van der Waals surface area contributed by atoms with Gasteiger partial charge < -0.3 is 0 Å². The minimum Gasteiger partial charge on any atom is -0.256 e. The van der Waals surface area contributed by atoms with Gasteiger partial charge in [-0.2, -0.15) is 0 Å². The van der Waals surface area contributed by atoms with Crippen molar-refractivity contribution in [2.24, 2.45) is 0 Å². The SMILES string of the molecule is CC(C)(C)c1ccnc(-c2ccccc2)c1-c1ccccc1.[SiH4]. The summed E-state index contributed by atoms with van der Waals surface area (Å²) in [6.45, 7) is 6.76. The Morgan fingerprint density at radius 1 is 0.696 bits per heavy atom. The summed E-state index contributed by atoms with van der Waals surface area (Å²) in [6, 6.07) is 23.1. The van der Waals surface area contributed by atoms with Gasteiger partial charge in [-0.1, -0.05) is 81.4 Å². The highest BCUT2D eigenvalue weighted by molar-refractivity contribution is 5.83. The van der Waals surface area contributed by atoms with E-state index in [-0.39, 0.29) is 16.4 Å². The molecule has 0 saturated heterocycles. The van der Waals surface area contributed by atoms with Crippen molar-refractivity contribution in [3.8, 4) is 22.4 Å². The second-order valence-corrected chi connectivity index (χ2v) is 6.56. The highest BCUT2D eigenvalue weighted by atomic mass is 28.1. The van der Waals surface area contributed by atoms with Gasteiger partial charge in [0.2, 0.25) is 0 Å². The van der Waals surface area contributed by atoms with Crippen molar-refractivity contribution in [3.63, 3.8) is 0 Å². The van der Waals surface area contributed by atoms with Crippen LogP contribution in [0.1, 0.15) is 26.3 Å². The van der Waals surface area contributed by atoms with Crippen LogP contribution in [0.3, 0.4) is 0 Å². The molecular weight excluding hydrogens is 294 g/mol. The molecule has 118 valence electrons. The van der Waals surface area contributed by atoms with Crippen LogP contribution in [-0.4, -0.2) is 15.9 Å². The average molecular weight is 320 g/mol. The fraction of sp³-hybridized carbons (Fsp3) is 0.190. The number of benzene rings is 2. The van der Waals surface area contributed by atoms with Crippen LogP contribution in [0.2, 0.25) is 0 Å². The molecule has 0 N–H and O–H groups in total. The quantitative estimate of drug-likeness (QED) is 0.643. The van der Waals surface area contributed by atoms with E-state index < -0.39 is 0 Å². The Hall–Kier alpha value is -2.19. The molecule has 0 amide bonds. The number of pyridine rings is 1. The molecule has 2 heteroatoms. The zero-order valence-corrected chi connectivity index (χ0v) is 13.4. The Morgan fingerprint density at radius 2 is 1.22 bits per heavy atom. The number of rotatable bonds is 2. The smallest absolute Gasteiger partial charge is 0.0783 e. The van der Waals surface area contributed by atoms with E-state index in [4.69, 9.17) is 4.98 Å². The van der Waals surface area contributed by atoms with Gasteiger partial charge in [-0.25, -0.2) is 0 Å². The summed E-state index contributed by atoms with van der Waals surface area (Å²) in [5.74, 6) is 0. The number of nitrogens with zero attached hydrogens (tertiary/aromatic N) is 1. The van der Waals surface area contributed by atoms with Gasteiger partial charge in [0.15, 0.2) is 0 Å². The van der Waals surface area contributed by atoms with Crippen LogP contribution in [0.4, 0.5) is 0 Å². The maximum atomic E-state index is 4.70. The van der Waals surface area contributed by atoms with E-state index in [1.54, 1.807) is 0 Å². The molecule has 3 aromatic rings. The predicted octanol–water partition coefficient (Wildman–Crippen LogP) is 4.26. The molecule has 2 aromatic carbocycles. The second-order valence-electron chi connectivity index (χ2n) is 6.56. The summed E-state index contributed by atoms with van der Waals surface area (Å²) in [7, 11) is 0. The molecule has 23 heavy (non-hydrogen) atoms. The molecule has 0 unspecified atom stereocenters. The Kier molecular flexibility index (Phi) is 5.17. The Balaban J connectivity index is 0.00000192. The number of hydrogen-bond donors (Lipinski definition) is 0. The van der Waals surface area contributed by atoms with Crippen LogP contribution in [-0.2, 0) is 5.41 Å². The van der Waals surface area contributed by atoms with Crippen molar-refractivity contribution in [2.45, 2.75) is 26.2 Å². The lowest BCUT2D eigenvalue weighted by molar-refractivity contribution is 0.591. The topological polar surface area (TPSA) is 12.9 Å². The fourth-order valence-electron chi connectivity index (χ4n) is 2.80. The van der Waals surface area contributed by atoms with Crippen molar-refractivity contribution < 1.29 is 0 Å². The normalized spacial score (nSPS) is 10.9. The molecular formula is C21H25NSi. The molecule has 1 nitrogen and oxygen atoms in total. The van der Waals surface area contributed by atoms with Gasteiger partial charge in [-0.05, 0) is 33.6 Å². The largest absolute Gasteiger partial charge is 0.256 e. The van der Waals surface area contributed by atoms with E-state index in [1.165, 1.54) is 16.7 Å². The molecule has 0 fully saturated rings. The highest BCUT2D eigenvalue weighted by Crippen LogP contribution is 2.38. The first kappa shape index (κ1) is 17.2. The van der Waals surface area contributed by atoms with Gasteiger partial charge in [-0.15, -0.1) is 0 Å². The van der Waals surface area contributed by atoms with Gasteiger partial charge in [0.05, 0.1) is 5.69 Å². The molecule has 1 aromatic heterocycles. The van der Waals surface area contributed by atoms with Gasteiger partial charge in [0.1, 0.15) is 0 Å². The summed E-state index contributed by atoms with van der Waals surface area (Å²) in [5.41, 5.74) is 6.07. The Labute approximate surface area is 143 Å². The van der Waals surface area contributed by atoms with Crippen LogP contribution in [0.5, 0.6) is 0 Å². The molecule has 0 aliphatic heterocycles. The van der Waals surface area contributed by atoms with E-state index in [2.05, 4.69) is 81.4 Å². The van der Waals surface area contributed by atoms with Crippen LogP contribution < -0.4 is 0 Å². The minimum atomic E-state index is 0. The summed E-state index contributed by atoms with van der Waals surface area (Å²) < 4.78 is 0. The molecule has 1 heterocycles. The first-order chi connectivity index (χ1) is 10.6. The summed E-state index contributed by atoms with van der Waals surface area (Å²) in [4.78, 5) is 4.70. The van der Waals surface area contributed by atoms with E-state index >= 15 is 0 Å². The summed E-state index contributed by atoms with van der Waals surface area (Å²) >= 11 is 0. The maximum absolute atomic E-state index is 4.70. The van der Waals surface area contributed by atoms with Crippen molar-refractivity contribution >= 4 is 11.0 Å². The summed E-state index contributed by atoms with van der Waals surface area (Å²) in [6.07, 6.45) is 1.93. The van der Waals surface area contributed by atoms with Gasteiger partial charge in [0.25, 0.3) is 0 Å². The first-order valence-corrected chi connectivity index (χ1v) is 7.68. The van der Waals surface area contributed by atoms with Crippen molar-refractivity contribution in [2.75, 3.05) is 0 Å². The zero-order chi connectivity index (χ0) is 15.6. The minimum absolute atomic E-state index is 0. The van der Waals surface area contributed by atoms with Crippen LogP contribution >= 0.6 is 0 Å². The Bertz CT molecular complexity index is 759.